The van der Waals surface area contributed by atoms with E-state index in [9.17, 15) is 14.4 Å². The monoisotopic (exact) mass is 545 g/mol. The number of thiophene rings is 1. The molecular weight excluding hydrogens is 518 g/mol. The van der Waals surface area contributed by atoms with Crippen LogP contribution < -0.4 is 11.2 Å². The van der Waals surface area contributed by atoms with Gasteiger partial charge in [-0.2, -0.15) is 0 Å². The molecule has 0 radical (unpaired) electrons. The number of ether oxygens (including phenoxy) is 1. The number of carbonyl (C=O) groups is 1. The van der Waals surface area contributed by atoms with Crippen LogP contribution in [0.1, 0.15) is 18.1 Å². The third-order valence-corrected chi connectivity index (χ3v) is 8.64. The van der Waals surface area contributed by atoms with E-state index in [0.29, 0.717) is 10.2 Å². The number of rotatable bonds is 8. The standard InChI is InChI=1S/C29H27N3O4S2/c1-4-36-24(33)18-31-27(34)25-19(2)26(20-11-13-22(14-12-20)30-15-7-8-16-30)38-28(25)32(29(31)35)17-21-9-5-6-10-23(21)37-3/h5-16H,4,17-18H2,1-3H3. The molecule has 194 valence electrons. The first-order valence-electron chi connectivity index (χ1n) is 12.2. The molecule has 0 fully saturated rings. The van der Waals surface area contributed by atoms with E-state index < -0.39 is 23.8 Å². The summed E-state index contributed by atoms with van der Waals surface area (Å²) in [5.74, 6) is -0.615. The maximum absolute atomic E-state index is 13.7. The molecule has 0 spiro atoms. The Hall–Kier alpha value is -3.82. The molecule has 2 aromatic carbocycles. The van der Waals surface area contributed by atoms with Gasteiger partial charge in [0.15, 0.2) is 0 Å². The normalized spacial score (nSPS) is 11.2. The molecule has 5 aromatic rings. The van der Waals surface area contributed by atoms with Crippen LogP contribution in [-0.4, -0.2) is 32.5 Å². The Morgan fingerprint density at radius 1 is 0.974 bits per heavy atom. The number of thioether (sulfide) groups is 1. The summed E-state index contributed by atoms with van der Waals surface area (Å²) in [6.07, 6.45) is 5.96. The topological polar surface area (TPSA) is 75.2 Å². The maximum Gasteiger partial charge on any atom is 0.332 e. The second kappa shape index (κ2) is 10.9. The SMILES string of the molecule is CCOC(=O)Cn1c(=O)c2c(C)c(-c3ccc(-n4cccc4)cc3)sc2n(Cc2ccccc2SC)c1=O. The molecule has 0 saturated heterocycles. The van der Waals surface area contributed by atoms with Crippen LogP contribution in [0.15, 0.2) is 87.5 Å². The maximum atomic E-state index is 13.7. The van der Waals surface area contributed by atoms with Gasteiger partial charge in [0.05, 0.1) is 18.5 Å². The van der Waals surface area contributed by atoms with Gasteiger partial charge in [-0.05, 0) is 67.1 Å². The number of hydrogen-bond donors (Lipinski definition) is 0. The molecule has 3 heterocycles. The van der Waals surface area contributed by atoms with E-state index in [-0.39, 0.29) is 13.2 Å². The van der Waals surface area contributed by atoms with Crippen LogP contribution in [0.2, 0.25) is 0 Å². The average Bonchev–Trinajstić information content (AvgIpc) is 3.58. The second-order valence-corrected chi connectivity index (χ2v) is 10.6. The predicted octanol–water partition coefficient (Wildman–Crippen LogP) is 5.32. The third-order valence-electron chi connectivity index (χ3n) is 6.44. The summed E-state index contributed by atoms with van der Waals surface area (Å²) < 4.78 is 9.70. The van der Waals surface area contributed by atoms with E-state index in [1.54, 1.807) is 23.3 Å². The van der Waals surface area contributed by atoms with Crippen molar-refractivity contribution in [2.45, 2.75) is 31.8 Å². The first kappa shape index (κ1) is 25.8. The van der Waals surface area contributed by atoms with Crippen molar-refractivity contribution in [1.29, 1.82) is 0 Å². The van der Waals surface area contributed by atoms with Crippen LogP contribution in [0.3, 0.4) is 0 Å². The van der Waals surface area contributed by atoms with Gasteiger partial charge in [0.2, 0.25) is 0 Å². The Bertz CT molecular complexity index is 1730. The molecule has 9 heteroatoms. The van der Waals surface area contributed by atoms with Crippen molar-refractivity contribution in [3.05, 3.63) is 105 Å². The highest BCUT2D eigenvalue weighted by molar-refractivity contribution is 7.98. The van der Waals surface area contributed by atoms with Gasteiger partial charge in [-0.15, -0.1) is 23.1 Å². The molecule has 0 aliphatic carbocycles. The van der Waals surface area contributed by atoms with Crippen LogP contribution in [0.4, 0.5) is 0 Å². The third kappa shape index (κ3) is 4.75. The van der Waals surface area contributed by atoms with Gasteiger partial charge < -0.3 is 9.30 Å². The van der Waals surface area contributed by atoms with E-state index >= 15 is 0 Å². The smallest absolute Gasteiger partial charge is 0.332 e. The fourth-order valence-corrected chi connectivity index (χ4v) is 6.49. The van der Waals surface area contributed by atoms with Crippen molar-refractivity contribution >= 4 is 39.3 Å². The van der Waals surface area contributed by atoms with E-state index in [0.717, 1.165) is 36.7 Å². The van der Waals surface area contributed by atoms with Crippen LogP contribution in [-0.2, 0) is 22.6 Å². The molecule has 5 rings (SSSR count). The van der Waals surface area contributed by atoms with Crippen molar-refractivity contribution in [2.24, 2.45) is 0 Å². The first-order chi connectivity index (χ1) is 18.4. The lowest BCUT2D eigenvalue weighted by Crippen LogP contribution is -2.42. The zero-order chi connectivity index (χ0) is 26.8. The number of aromatic nitrogens is 3. The Balaban J connectivity index is 1.70. The Labute approximate surface area is 227 Å². The number of nitrogens with zero attached hydrogens (tertiary/aromatic N) is 3. The van der Waals surface area contributed by atoms with Crippen LogP contribution in [0.25, 0.3) is 26.3 Å². The minimum Gasteiger partial charge on any atom is -0.465 e. The summed E-state index contributed by atoms with van der Waals surface area (Å²) in [7, 11) is 0. The Morgan fingerprint density at radius 3 is 2.37 bits per heavy atom. The van der Waals surface area contributed by atoms with Gasteiger partial charge in [0, 0.05) is 27.9 Å². The van der Waals surface area contributed by atoms with E-state index in [4.69, 9.17) is 4.74 Å². The van der Waals surface area contributed by atoms with Crippen molar-refractivity contribution in [1.82, 2.24) is 13.7 Å². The van der Waals surface area contributed by atoms with Crippen LogP contribution in [0.5, 0.6) is 0 Å². The molecule has 0 aliphatic heterocycles. The minimum absolute atomic E-state index is 0.172. The van der Waals surface area contributed by atoms with Gasteiger partial charge >= 0.3 is 11.7 Å². The number of carbonyl (C=O) groups excluding carboxylic acids is 1. The van der Waals surface area contributed by atoms with Gasteiger partial charge in [-0.25, -0.2) is 9.36 Å². The Kier molecular flexibility index (Phi) is 7.40. The summed E-state index contributed by atoms with van der Waals surface area (Å²) >= 11 is 3.02. The number of esters is 1. The predicted molar refractivity (Wildman–Crippen MR) is 154 cm³/mol. The summed E-state index contributed by atoms with van der Waals surface area (Å²) in [6.45, 7) is 3.61. The van der Waals surface area contributed by atoms with E-state index in [1.165, 1.54) is 11.3 Å². The lowest BCUT2D eigenvalue weighted by Gasteiger charge is -2.13. The van der Waals surface area contributed by atoms with Crippen LogP contribution in [0, 0.1) is 6.92 Å². The van der Waals surface area contributed by atoms with E-state index in [2.05, 4.69) is 0 Å². The second-order valence-electron chi connectivity index (χ2n) is 8.75. The molecule has 0 aliphatic rings. The summed E-state index contributed by atoms with van der Waals surface area (Å²) in [4.78, 5) is 42.2. The van der Waals surface area contributed by atoms with Gasteiger partial charge in [-0.3, -0.25) is 14.2 Å². The van der Waals surface area contributed by atoms with Crippen molar-refractivity contribution in [2.75, 3.05) is 12.9 Å². The lowest BCUT2D eigenvalue weighted by atomic mass is 10.1. The number of fused-ring (bicyclic) bond motifs is 1. The first-order valence-corrected chi connectivity index (χ1v) is 14.2. The molecule has 0 atom stereocenters. The fourth-order valence-electron chi connectivity index (χ4n) is 4.58. The summed E-state index contributed by atoms with van der Waals surface area (Å²) in [6, 6.07) is 19.9. The molecule has 0 saturated carbocycles. The molecule has 0 amide bonds. The summed E-state index contributed by atoms with van der Waals surface area (Å²) in [5.41, 5.74) is 2.74. The number of benzene rings is 2. The van der Waals surface area contributed by atoms with E-state index in [1.807, 2.05) is 90.8 Å². The molecular formula is C29H27N3O4S2. The molecule has 0 unspecified atom stereocenters. The number of aryl methyl sites for hydroxylation is 1. The van der Waals surface area contributed by atoms with Gasteiger partial charge in [0.25, 0.3) is 5.56 Å². The van der Waals surface area contributed by atoms with Crippen molar-refractivity contribution in [3.8, 4) is 16.1 Å². The highest BCUT2D eigenvalue weighted by Crippen LogP contribution is 2.37. The highest BCUT2D eigenvalue weighted by atomic mass is 32.2. The van der Waals surface area contributed by atoms with Gasteiger partial charge in [-0.1, -0.05) is 30.3 Å². The molecule has 38 heavy (non-hydrogen) atoms. The summed E-state index contributed by atoms with van der Waals surface area (Å²) in [5, 5.41) is 0.449. The van der Waals surface area contributed by atoms with Gasteiger partial charge in [0.1, 0.15) is 11.4 Å². The molecule has 0 bridgehead atoms. The highest BCUT2D eigenvalue weighted by Gasteiger charge is 2.23. The largest absolute Gasteiger partial charge is 0.465 e. The Morgan fingerprint density at radius 2 is 1.68 bits per heavy atom. The van der Waals surface area contributed by atoms with Crippen molar-refractivity contribution < 1.29 is 9.53 Å². The number of hydrogen-bond acceptors (Lipinski definition) is 6. The minimum atomic E-state index is -0.615. The average molecular weight is 546 g/mol. The van der Waals surface area contributed by atoms with Crippen molar-refractivity contribution in [3.63, 3.8) is 0 Å². The molecule has 0 N–H and O–H groups in total. The zero-order valence-corrected chi connectivity index (χ0v) is 23.0. The fraction of sp³-hybridized carbons (Fsp3) is 0.207. The quantitative estimate of drug-likeness (QED) is 0.195. The van der Waals surface area contributed by atoms with Crippen LogP contribution >= 0.6 is 23.1 Å². The molecule has 7 nitrogen and oxygen atoms in total. The zero-order valence-electron chi connectivity index (χ0n) is 21.3. The molecule has 3 aromatic heterocycles. The lowest BCUT2D eigenvalue weighted by molar-refractivity contribution is -0.143.